The van der Waals surface area contributed by atoms with Crippen LogP contribution in [0.4, 0.5) is 5.82 Å². The van der Waals surface area contributed by atoms with Gasteiger partial charge in [0, 0.05) is 45.6 Å². The second-order valence-corrected chi connectivity index (χ2v) is 7.56. The lowest BCUT2D eigenvalue weighted by Gasteiger charge is -2.27. The minimum atomic E-state index is 0. The molecule has 2 heterocycles. The van der Waals surface area contributed by atoms with E-state index in [2.05, 4.69) is 39.6 Å². The van der Waals surface area contributed by atoms with Gasteiger partial charge in [0.15, 0.2) is 5.96 Å². The number of hydrogen-bond acceptors (Lipinski definition) is 4. The Kier molecular flexibility index (Phi) is 10.9. The number of halogens is 1. The highest BCUT2D eigenvalue weighted by Crippen LogP contribution is 2.28. The number of nitrogens with zero attached hydrogens (tertiary/aromatic N) is 3. The molecule has 1 aromatic heterocycles. The number of piperidine rings is 1. The summed E-state index contributed by atoms with van der Waals surface area (Å²) in [4.78, 5) is 11.7. The van der Waals surface area contributed by atoms with E-state index in [1.807, 2.05) is 6.20 Å². The third-order valence-electron chi connectivity index (χ3n) is 5.06. The van der Waals surface area contributed by atoms with Crippen LogP contribution in [-0.4, -0.2) is 50.3 Å². The van der Waals surface area contributed by atoms with Gasteiger partial charge in [-0.1, -0.05) is 0 Å². The first-order valence-corrected chi connectivity index (χ1v) is 10.6. The summed E-state index contributed by atoms with van der Waals surface area (Å²) in [5, 5.41) is 6.73. The number of nitrogens with one attached hydrogen (secondary N) is 2. The molecule has 0 amide bonds. The van der Waals surface area contributed by atoms with Gasteiger partial charge in [-0.3, -0.25) is 0 Å². The van der Waals surface area contributed by atoms with Crippen molar-refractivity contribution in [2.45, 2.75) is 52.0 Å². The molecular formula is C21H36IN5O. The van der Waals surface area contributed by atoms with Gasteiger partial charge in [0.25, 0.3) is 0 Å². The first kappa shape index (κ1) is 23.2. The van der Waals surface area contributed by atoms with E-state index in [0.29, 0.717) is 6.54 Å². The zero-order chi connectivity index (χ0) is 18.7. The normalized spacial score (nSPS) is 17.2. The zero-order valence-corrected chi connectivity index (χ0v) is 19.5. The van der Waals surface area contributed by atoms with Gasteiger partial charge in [-0.2, -0.15) is 0 Å². The second kappa shape index (κ2) is 13.2. The molecule has 158 valence electrons. The number of ether oxygens (including phenoxy) is 1. The molecule has 6 nitrogen and oxygen atoms in total. The average Bonchev–Trinajstić information content (AvgIpc) is 3.54. The third kappa shape index (κ3) is 8.51. The summed E-state index contributed by atoms with van der Waals surface area (Å²) >= 11 is 0. The Morgan fingerprint density at radius 3 is 2.82 bits per heavy atom. The Bertz CT molecular complexity index is 588. The Hall–Kier alpha value is -1.09. The van der Waals surface area contributed by atoms with Crippen molar-refractivity contribution in [3.05, 3.63) is 23.9 Å². The number of guanidine groups is 1. The third-order valence-corrected chi connectivity index (χ3v) is 5.06. The number of rotatable bonds is 10. The topological polar surface area (TPSA) is 61.8 Å². The average molecular weight is 501 g/mol. The van der Waals surface area contributed by atoms with Crippen LogP contribution in [-0.2, 0) is 11.3 Å². The van der Waals surface area contributed by atoms with Crippen molar-refractivity contribution in [3.8, 4) is 0 Å². The summed E-state index contributed by atoms with van der Waals surface area (Å²) in [6.45, 7) is 8.50. The summed E-state index contributed by atoms with van der Waals surface area (Å²) in [6.07, 6.45) is 9.49. The molecule has 1 aliphatic carbocycles. The molecular weight excluding hydrogens is 465 g/mol. The molecule has 0 unspecified atom stereocenters. The summed E-state index contributed by atoms with van der Waals surface area (Å²) in [7, 11) is 0. The van der Waals surface area contributed by atoms with Crippen molar-refractivity contribution < 1.29 is 4.74 Å². The van der Waals surface area contributed by atoms with Crippen molar-refractivity contribution >= 4 is 35.8 Å². The summed E-state index contributed by atoms with van der Waals surface area (Å²) in [5.74, 6) is 2.80. The van der Waals surface area contributed by atoms with E-state index in [4.69, 9.17) is 9.73 Å². The Morgan fingerprint density at radius 2 is 2.07 bits per heavy atom. The lowest BCUT2D eigenvalue weighted by atomic mass is 10.1. The molecule has 0 aromatic carbocycles. The molecule has 1 saturated heterocycles. The van der Waals surface area contributed by atoms with Gasteiger partial charge in [0.05, 0.1) is 6.54 Å². The highest BCUT2D eigenvalue weighted by Gasteiger charge is 2.20. The molecule has 0 atom stereocenters. The van der Waals surface area contributed by atoms with Gasteiger partial charge in [0.1, 0.15) is 5.82 Å². The molecule has 1 aliphatic heterocycles. The first-order valence-electron chi connectivity index (χ1n) is 10.6. The lowest BCUT2D eigenvalue weighted by Crippen LogP contribution is -2.38. The Balaban J connectivity index is 0.00000280. The molecule has 3 rings (SSSR count). The fraction of sp³-hybridized carbons (Fsp3) is 0.714. The molecule has 7 heteroatoms. The van der Waals surface area contributed by atoms with Gasteiger partial charge < -0.3 is 20.3 Å². The molecule has 0 radical (unpaired) electrons. The number of hydrogen-bond donors (Lipinski definition) is 2. The van der Waals surface area contributed by atoms with Crippen molar-refractivity contribution in [3.63, 3.8) is 0 Å². The maximum Gasteiger partial charge on any atom is 0.191 e. The number of aliphatic imine (C=N–C) groups is 1. The molecule has 1 aromatic rings. The SMILES string of the molecule is CCNC(=NCc1ccnc(N2CCCCC2)c1)NCCCOCC1CC1.I. The van der Waals surface area contributed by atoms with Crippen LogP contribution in [0.1, 0.15) is 51.0 Å². The summed E-state index contributed by atoms with van der Waals surface area (Å²) in [6, 6.07) is 4.25. The number of anilines is 1. The van der Waals surface area contributed by atoms with Crippen LogP contribution in [0.5, 0.6) is 0 Å². The van der Waals surface area contributed by atoms with Gasteiger partial charge in [0.2, 0.25) is 0 Å². The van der Waals surface area contributed by atoms with Crippen LogP contribution in [0.15, 0.2) is 23.3 Å². The molecule has 1 saturated carbocycles. The van der Waals surface area contributed by atoms with Gasteiger partial charge in [-0.15, -0.1) is 24.0 Å². The maximum absolute atomic E-state index is 5.69. The fourth-order valence-electron chi connectivity index (χ4n) is 3.28. The second-order valence-electron chi connectivity index (χ2n) is 7.56. The first-order chi connectivity index (χ1) is 13.3. The monoisotopic (exact) mass is 501 g/mol. The molecule has 0 spiro atoms. The van der Waals surface area contributed by atoms with Crippen molar-refractivity contribution in [1.29, 1.82) is 0 Å². The van der Waals surface area contributed by atoms with E-state index >= 15 is 0 Å². The summed E-state index contributed by atoms with van der Waals surface area (Å²) in [5.41, 5.74) is 1.20. The van der Waals surface area contributed by atoms with Gasteiger partial charge in [-0.05, 0) is 69.1 Å². The van der Waals surface area contributed by atoms with Gasteiger partial charge in [-0.25, -0.2) is 9.98 Å². The number of pyridine rings is 1. The van der Waals surface area contributed by atoms with E-state index in [1.54, 1.807) is 0 Å². The van der Waals surface area contributed by atoms with Crippen LogP contribution in [0.25, 0.3) is 0 Å². The smallest absolute Gasteiger partial charge is 0.191 e. The van der Waals surface area contributed by atoms with E-state index in [0.717, 1.165) is 63.5 Å². The van der Waals surface area contributed by atoms with Crippen LogP contribution >= 0.6 is 24.0 Å². The van der Waals surface area contributed by atoms with Crippen molar-refractivity contribution in [2.24, 2.45) is 10.9 Å². The van der Waals surface area contributed by atoms with Crippen LogP contribution in [0.3, 0.4) is 0 Å². The Morgan fingerprint density at radius 1 is 1.25 bits per heavy atom. The summed E-state index contributed by atoms with van der Waals surface area (Å²) < 4.78 is 5.69. The van der Waals surface area contributed by atoms with E-state index < -0.39 is 0 Å². The predicted molar refractivity (Wildman–Crippen MR) is 127 cm³/mol. The molecule has 2 fully saturated rings. The molecule has 2 N–H and O–H groups in total. The van der Waals surface area contributed by atoms with Crippen LogP contribution < -0.4 is 15.5 Å². The molecule has 2 aliphatic rings. The Labute approximate surface area is 186 Å². The molecule has 28 heavy (non-hydrogen) atoms. The van der Waals surface area contributed by atoms with Crippen molar-refractivity contribution in [1.82, 2.24) is 15.6 Å². The van der Waals surface area contributed by atoms with Crippen molar-refractivity contribution in [2.75, 3.05) is 44.3 Å². The highest BCUT2D eigenvalue weighted by molar-refractivity contribution is 14.0. The van der Waals surface area contributed by atoms with E-state index in [-0.39, 0.29) is 24.0 Å². The van der Waals surface area contributed by atoms with Crippen LogP contribution in [0, 0.1) is 5.92 Å². The quantitative estimate of drug-likeness (QED) is 0.222. The largest absolute Gasteiger partial charge is 0.381 e. The van der Waals surface area contributed by atoms with E-state index in [9.17, 15) is 0 Å². The minimum absolute atomic E-state index is 0. The number of aromatic nitrogens is 1. The zero-order valence-electron chi connectivity index (χ0n) is 17.2. The van der Waals surface area contributed by atoms with E-state index in [1.165, 1.54) is 37.7 Å². The fourth-order valence-corrected chi connectivity index (χ4v) is 3.28. The van der Waals surface area contributed by atoms with Crippen LogP contribution in [0.2, 0.25) is 0 Å². The lowest BCUT2D eigenvalue weighted by molar-refractivity contribution is 0.123. The van der Waals surface area contributed by atoms with Gasteiger partial charge >= 0.3 is 0 Å². The highest BCUT2D eigenvalue weighted by atomic mass is 127. The standard InChI is InChI=1S/C21H35N5O.HI/c1-2-22-21(24-10-6-14-27-17-18-7-8-18)25-16-19-9-11-23-20(15-19)26-12-4-3-5-13-26;/h9,11,15,18H,2-8,10,12-14,16-17H2,1H3,(H2,22,24,25);1H. The minimum Gasteiger partial charge on any atom is -0.381 e. The molecule has 0 bridgehead atoms. The predicted octanol–water partition coefficient (Wildman–Crippen LogP) is 3.56. The maximum atomic E-state index is 5.69.